The van der Waals surface area contributed by atoms with Crippen LogP contribution in [0.5, 0.6) is 0 Å². The monoisotopic (exact) mass is 1100 g/mol. The average molecular weight is 1100 g/mol. The van der Waals surface area contributed by atoms with E-state index in [1.807, 2.05) is 33.3 Å². The Bertz CT molecular complexity index is 1590. The van der Waals surface area contributed by atoms with E-state index in [0.29, 0.717) is 23.9 Å². The maximum absolute atomic E-state index is 13.5. The molecule has 0 saturated heterocycles. The van der Waals surface area contributed by atoms with Gasteiger partial charge in [0.15, 0.2) is 0 Å². The number of hydrogen-bond donors (Lipinski definition) is 1. The van der Waals surface area contributed by atoms with E-state index < -0.39 is 26.6 Å². The summed E-state index contributed by atoms with van der Waals surface area (Å²) in [7, 11) is 1.16. The molecule has 0 heterocycles. The van der Waals surface area contributed by atoms with Crippen LogP contribution in [0, 0.1) is 0 Å². The SMILES string of the molecule is CC/C=C\C/C=C\C/C=C\C/C=C\C/C=C\CCCCCC(=O)OC(/C=C/CCCCCCCCCCC)C(COP(=O)([O-])OCC[N+](C)(C)C)NC(=O)CCCCCCCCCCCCC/C=C/CCCCCCCC. The number of ether oxygens (including phenoxy) is 1. The van der Waals surface area contributed by atoms with E-state index in [-0.39, 0.29) is 24.9 Å². The third-order valence-electron chi connectivity index (χ3n) is 13.8. The highest BCUT2D eigenvalue weighted by atomic mass is 31.2. The number of amides is 1. The molecule has 0 fully saturated rings. The van der Waals surface area contributed by atoms with Gasteiger partial charge in [-0.1, -0.05) is 247 Å². The van der Waals surface area contributed by atoms with Crippen molar-refractivity contribution >= 4 is 19.7 Å². The molecule has 0 aromatic carbocycles. The van der Waals surface area contributed by atoms with Crippen LogP contribution in [-0.4, -0.2) is 69.4 Å². The Morgan fingerprint density at radius 1 is 0.468 bits per heavy atom. The largest absolute Gasteiger partial charge is 0.756 e. The zero-order valence-corrected chi connectivity index (χ0v) is 51.8. The normalized spacial score (nSPS) is 14.2. The van der Waals surface area contributed by atoms with Crippen molar-refractivity contribution in [2.45, 2.75) is 290 Å². The fraction of sp³-hybridized carbons (Fsp3) is 0.761. The highest BCUT2D eigenvalue weighted by Crippen LogP contribution is 2.38. The molecule has 446 valence electrons. The van der Waals surface area contributed by atoms with Crippen molar-refractivity contribution in [2.75, 3.05) is 40.9 Å². The summed E-state index contributed by atoms with van der Waals surface area (Å²) >= 11 is 0. The molecule has 0 rings (SSSR count). The maximum Gasteiger partial charge on any atom is 0.306 e. The predicted octanol–water partition coefficient (Wildman–Crippen LogP) is 19.1. The number of likely N-dealkylation sites (N-methyl/N-ethyl adjacent to an activating group) is 1. The molecule has 9 nitrogen and oxygen atoms in total. The van der Waals surface area contributed by atoms with Crippen LogP contribution in [-0.2, 0) is 27.9 Å². The first-order valence-electron chi connectivity index (χ1n) is 31.9. The minimum Gasteiger partial charge on any atom is -0.756 e. The standard InChI is InChI=1S/C67H121N2O7P/c1-7-10-13-16-19-22-25-27-29-31-33-34-36-37-39-41-44-47-50-53-56-59-66(70)68-64(63-75-77(72,73)74-62-61-69(4,5)6)65(58-55-52-49-46-43-24-21-18-15-12-9-3)76-67(71)60-57-54-51-48-45-42-40-38-35-32-30-28-26-23-20-17-14-11-8-2/h11,14,20,23,27-30,35,38,42,45,55,58,64-65H,7-10,12-13,15-19,21-22,24-26,31-34,36-37,39-41,43-44,46-54,56-57,59-63H2,1-6H3,(H-,68,70,72,73)/b14-11-,23-20-,29-27+,30-28-,38-35-,45-42-,58-55+. The van der Waals surface area contributed by atoms with Gasteiger partial charge in [0.1, 0.15) is 19.3 Å². The Balaban J connectivity index is 5.23. The van der Waals surface area contributed by atoms with E-state index in [4.69, 9.17) is 13.8 Å². The van der Waals surface area contributed by atoms with Gasteiger partial charge in [0.25, 0.3) is 7.82 Å². The van der Waals surface area contributed by atoms with Crippen LogP contribution in [0.1, 0.15) is 278 Å². The van der Waals surface area contributed by atoms with Gasteiger partial charge in [0.2, 0.25) is 5.91 Å². The molecule has 3 atom stereocenters. The first-order chi connectivity index (χ1) is 37.4. The zero-order valence-electron chi connectivity index (χ0n) is 50.9. The molecule has 10 heteroatoms. The highest BCUT2D eigenvalue weighted by molar-refractivity contribution is 7.45. The summed E-state index contributed by atoms with van der Waals surface area (Å²) in [5.74, 6) is -0.579. The van der Waals surface area contributed by atoms with Crippen molar-refractivity contribution in [3.63, 3.8) is 0 Å². The molecule has 0 saturated carbocycles. The van der Waals surface area contributed by atoms with Gasteiger partial charge in [-0.2, -0.15) is 0 Å². The molecule has 0 aromatic rings. The van der Waals surface area contributed by atoms with Crippen molar-refractivity contribution < 1.29 is 37.3 Å². The van der Waals surface area contributed by atoms with E-state index >= 15 is 0 Å². The molecule has 0 spiro atoms. The number of esters is 1. The molecule has 0 aliphatic heterocycles. The Hall–Kier alpha value is -2.81. The number of carbonyl (C=O) groups is 2. The number of phosphoric acid groups is 1. The van der Waals surface area contributed by atoms with Crippen molar-refractivity contribution in [2.24, 2.45) is 0 Å². The molecule has 3 unspecified atom stereocenters. The van der Waals surface area contributed by atoms with Crippen molar-refractivity contribution in [1.29, 1.82) is 0 Å². The Morgan fingerprint density at radius 3 is 1.27 bits per heavy atom. The number of nitrogens with zero attached hydrogens (tertiary/aromatic N) is 1. The third kappa shape index (κ3) is 57.7. The van der Waals surface area contributed by atoms with Crippen LogP contribution >= 0.6 is 7.82 Å². The van der Waals surface area contributed by atoms with Crippen LogP contribution in [0.3, 0.4) is 0 Å². The van der Waals surface area contributed by atoms with Crippen LogP contribution < -0.4 is 10.2 Å². The van der Waals surface area contributed by atoms with E-state index in [1.54, 1.807) is 0 Å². The summed E-state index contributed by atoms with van der Waals surface area (Å²) in [6.45, 7) is 6.71. The molecule has 0 bridgehead atoms. The number of hydrogen-bond acceptors (Lipinski definition) is 7. The number of nitrogens with one attached hydrogen (secondary N) is 1. The summed E-state index contributed by atoms with van der Waals surface area (Å²) in [6.07, 6.45) is 74.1. The van der Waals surface area contributed by atoms with Gasteiger partial charge in [0.05, 0.1) is 33.8 Å². The van der Waals surface area contributed by atoms with Gasteiger partial charge in [-0.3, -0.25) is 14.2 Å². The maximum atomic E-state index is 13.5. The van der Waals surface area contributed by atoms with Crippen LogP contribution in [0.15, 0.2) is 85.1 Å². The van der Waals surface area contributed by atoms with Crippen LogP contribution in [0.4, 0.5) is 0 Å². The summed E-state index contributed by atoms with van der Waals surface area (Å²) in [5, 5.41) is 3.02. The number of quaternary nitrogens is 1. The van der Waals surface area contributed by atoms with Gasteiger partial charge >= 0.3 is 5.97 Å². The Kier molecular flexibility index (Phi) is 54.4. The van der Waals surface area contributed by atoms with E-state index in [1.165, 1.54) is 148 Å². The zero-order chi connectivity index (χ0) is 56.4. The Labute approximate surface area is 476 Å². The lowest BCUT2D eigenvalue weighted by Crippen LogP contribution is -2.47. The first kappa shape index (κ1) is 74.2. The minimum atomic E-state index is -4.71. The number of allylic oxidation sites excluding steroid dienone is 13. The smallest absolute Gasteiger partial charge is 0.306 e. The lowest BCUT2D eigenvalue weighted by Gasteiger charge is -2.30. The second kappa shape index (κ2) is 56.5. The van der Waals surface area contributed by atoms with E-state index in [2.05, 4.69) is 99.0 Å². The number of phosphoric ester groups is 1. The van der Waals surface area contributed by atoms with Crippen molar-refractivity contribution in [1.82, 2.24) is 5.32 Å². The topological polar surface area (TPSA) is 114 Å². The summed E-state index contributed by atoms with van der Waals surface area (Å²) in [5.41, 5.74) is 0. The predicted molar refractivity (Wildman–Crippen MR) is 330 cm³/mol. The lowest BCUT2D eigenvalue weighted by molar-refractivity contribution is -0.870. The summed E-state index contributed by atoms with van der Waals surface area (Å²) in [4.78, 5) is 40.0. The molecular formula is C67H121N2O7P. The van der Waals surface area contributed by atoms with Crippen molar-refractivity contribution in [3.05, 3.63) is 85.1 Å². The second-order valence-electron chi connectivity index (χ2n) is 22.5. The lowest BCUT2D eigenvalue weighted by atomic mass is 10.0. The minimum absolute atomic E-state index is 0.0308. The van der Waals surface area contributed by atoms with Crippen LogP contribution in [0.25, 0.3) is 0 Å². The van der Waals surface area contributed by atoms with Gasteiger partial charge in [-0.05, 0) is 102 Å². The number of carbonyl (C=O) groups excluding carboxylic acids is 2. The molecule has 0 aliphatic carbocycles. The fourth-order valence-electron chi connectivity index (χ4n) is 8.90. The third-order valence-corrected chi connectivity index (χ3v) is 14.8. The molecule has 77 heavy (non-hydrogen) atoms. The van der Waals surface area contributed by atoms with Gasteiger partial charge in [-0.25, -0.2) is 0 Å². The summed E-state index contributed by atoms with van der Waals surface area (Å²) in [6, 6.07) is -0.906. The molecule has 1 amide bonds. The van der Waals surface area contributed by atoms with Crippen LogP contribution in [0.2, 0.25) is 0 Å². The van der Waals surface area contributed by atoms with Gasteiger partial charge < -0.3 is 28.5 Å². The first-order valence-corrected chi connectivity index (χ1v) is 33.4. The average Bonchev–Trinajstić information content (AvgIpc) is 3.39. The molecular weight excluding hydrogens is 976 g/mol. The van der Waals surface area contributed by atoms with E-state index in [0.717, 1.165) is 89.9 Å². The van der Waals surface area contributed by atoms with E-state index in [9.17, 15) is 19.0 Å². The van der Waals surface area contributed by atoms with Crippen molar-refractivity contribution in [3.8, 4) is 0 Å². The summed E-state index contributed by atoms with van der Waals surface area (Å²) < 4.78 is 30.3. The fourth-order valence-corrected chi connectivity index (χ4v) is 9.62. The highest BCUT2D eigenvalue weighted by Gasteiger charge is 2.27. The molecule has 1 N–H and O–H groups in total. The molecule has 0 aliphatic rings. The van der Waals surface area contributed by atoms with Gasteiger partial charge in [-0.15, -0.1) is 0 Å². The number of rotatable bonds is 57. The molecule has 0 aromatic heterocycles. The Morgan fingerprint density at radius 2 is 0.831 bits per heavy atom. The second-order valence-corrected chi connectivity index (χ2v) is 23.9. The van der Waals surface area contributed by atoms with Gasteiger partial charge in [0, 0.05) is 12.8 Å². The number of unbranched alkanes of at least 4 members (excludes halogenated alkanes) is 29. The quantitative estimate of drug-likeness (QED) is 0.0212. The molecule has 0 radical (unpaired) electrons.